The predicted molar refractivity (Wildman–Crippen MR) is 122 cm³/mol. The van der Waals surface area contributed by atoms with Crippen LogP contribution >= 0.6 is 0 Å². The lowest BCUT2D eigenvalue weighted by molar-refractivity contribution is 0.0580. The molecule has 6 heteroatoms. The van der Waals surface area contributed by atoms with E-state index < -0.39 is 0 Å². The van der Waals surface area contributed by atoms with Gasteiger partial charge in [-0.15, -0.1) is 0 Å². The topological polar surface area (TPSA) is 57.2 Å². The van der Waals surface area contributed by atoms with Crippen LogP contribution < -0.4 is 10.2 Å². The van der Waals surface area contributed by atoms with Crippen molar-refractivity contribution in [2.75, 3.05) is 25.5 Å². The lowest BCUT2D eigenvalue weighted by atomic mass is 10.0. The highest BCUT2D eigenvalue weighted by Crippen LogP contribution is 2.21. The van der Waals surface area contributed by atoms with Crippen LogP contribution in [0.1, 0.15) is 38.3 Å². The summed E-state index contributed by atoms with van der Waals surface area (Å²) >= 11 is 0. The molecule has 2 aromatic carbocycles. The highest BCUT2D eigenvalue weighted by Gasteiger charge is 2.28. The van der Waals surface area contributed by atoms with E-state index in [1.54, 1.807) is 4.90 Å². The second-order valence-corrected chi connectivity index (χ2v) is 8.96. The minimum Gasteiger partial charge on any atom is -0.390 e. The number of amides is 2. The largest absolute Gasteiger partial charge is 0.390 e. The maximum Gasteiger partial charge on any atom is 0.318 e. The molecule has 0 saturated heterocycles. The molecule has 0 aliphatic carbocycles. The van der Waals surface area contributed by atoms with E-state index in [0.717, 1.165) is 22.5 Å². The Morgan fingerprint density at radius 3 is 2.37 bits per heavy atom. The number of anilines is 1. The van der Waals surface area contributed by atoms with Gasteiger partial charge >= 0.3 is 6.03 Å². The third-order valence-corrected chi connectivity index (χ3v) is 4.86. The molecule has 0 aromatic heterocycles. The quantitative estimate of drug-likeness (QED) is 0.777. The summed E-state index contributed by atoms with van der Waals surface area (Å²) in [5.74, 6) is 0. The van der Waals surface area contributed by atoms with E-state index in [-0.39, 0.29) is 17.7 Å². The SMILES string of the molecule is CN(C)c1ccc(C2=NOC(CN(Cc3ccccc3)C(=O)NC(C)(C)C)C2)cc1. The van der Waals surface area contributed by atoms with Gasteiger partial charge in [0.25, 0.3) is 0 Å². The van der Waals surface area contributed by atoms with Crippen LogP contribution in [0.25, 0.3) is 0 Å². The van der Waals surface area contributed by atoms with E-state index in [2.05, 4.69) is 39.6 Å². The number of oxime groups is 1. The third-order valence-electron chi connectivity index (χ3n) is 4.86. The van der Waals surface area contributed by atoms with Gasteiger partial charge < -0.3 is 20.0 Å². The maximum absolute atomic E-state index is 12.9. The molecule has 1 heterocycles. The zero-order valence-electron chi connectivity index (χ0n) is 18.6. The number of hydrogen-bond donors (Lipinski definition) is 1. The number of urea groups is 1. The molecule has 1 N–H and O–H groups in total. The Hall–Kier alpha value is -3.02. The molecule has 0 saturated carbocycles. The monoisotopic (exact) mass is 408 g/mol. The number of rotatable bonds is 6. The van der Waals surface area contributed by atoms with Crippen molar-refractivity contribution in [3.05, 3.63) is 65.7 Å². The van der Waals surface area contributed by atoms with Crippen LogP contribution in [0.5, 0.6) is 0 Å². The molecule has 2 amide bonds. The third kappa shape index (κ3) is 5.99. The smallest absolute Gasteiger partial charge is 0.318 e. The normalized spacial score (nSPS) is 15.9. The Kier molecular flexibility index (Phi) is 6.65. The molecule has 0 bridgehead atoms. The Morgan fingerprint density at radius 1 is 1.10 bits per heavy atom. The Bertz CT molecular complexity index is 870. The average Bonchev–Trinajstić information content (AvgIpc) is 3.15. The first-order valence-electron chi connectivity index (χ1n) is 10.3. The zero-order chi connectivity index (χ0) is 21.7. The van der Waals surface area contributed by atoms with Gasteiger partial charge in [0.15, 0.2) is 6.10 Å². The van der Waals surface area contributed by atoms with Crippen molar-refractivity contribution in [1.29, 1.82) is 0 Å². The fourth-order valence-corrected chi connectivity index (χ4v) is 3.32. The van der Waals surface area contributed by atoms with Crippen LogP contribution in [0.2, 0.25) is 0 Å². The van der Waals surface area contributed by atoms with Crippen LogP contribution in [-0.4, -0.2) is 48.9 Å². The molecule has 3 rings (SSSR count). The standard InChI is InChI=1S/C24H32N4O2/c1-24(2,3)25-23(29)28(16-18-9-7-6-8-10-18)17-21-15-22(26-30-21)19-11-13-20(14-12-19)27(4)5/h6-14,21H,15-17H2,1-5H3,(H,25,29). The summed E-state index contributed by atoms with van der Waals surface area (Å²) in [6.07, 6.45) is 0.512. The van der Waals surface area contributed by atoms with Gasteiger partial charge in [0.2, 0.25) is 0 Å². The number of nitrogens with one attached hydrogen (secondary N) is 1. The lowest BCUT2D eigenvalue weighted by Gasteiger charge is -2.29. The van der Waals surface area contributed by atoms with Gasteiger partial charge in [-0.3, -0.25) is 0 Å². The highest BCUT2D eigenvalue weighted by molar-refractivity contribution is 6.01. The summed E-state index contributed by atoms with van der Waals surface area (Å²) in [4.78, 5) is 22.5. The van der Waals surface area contributed by atoms with Crippen molar-refractivity contribution in [1.82, 2.24) is 10.2 Å². The number of hydrogen-bond acceptors (Lipinski definition) is 4. The van der Waals surface area contributed by atoms with Crippen LogP contribution in [0.4, 0.5) is 10.5 Å². The van der Waals surface area contributed by atoms with Crippen molar-refractivity contribution < 1.29 is 9.63 Å². The van der Waals surface area contributed by atoms with Gasteiger partial charge in [0.1, 0.15) is 0 Å². The molecule has 0 fully saturated rings. The van der Waals surface area contributed by atoms with Crippen LogP contribution in [0.3, 0.4) is 0 Å². The van der Waals surface area contributed by atoms with Gasteiger partial charge in [0, 0.05) is 38.3 Å². The number of carbonyl (C=O) groups excluding carboxylic acids is 1. The van der Waals surface area contributed by atoms with E-state index in [0.29, 0.717) is 19.5 Å². The fraction of sp³-hybridized carbons (Fsp3) is 0.417. The summed E-state index contributed by atoms with van der Waals surface area (Å²) in [7, 11) is 4.04. The highest BCUT2D eigenvalue weighted by atomic mass is 16.6. The van der Waals surface area contributed by atoms with Gasteiger partial charge in [-0.2, -0.15) is 0 Å². The first-order chi connectivity index (χ1) is 14.2. The van der Waals surface area contributed by atoms with Crippen LogP contribution in [-0.2, 0) is 11.4 Å². The summed E-state index contributed by atoms with van der Waals surface area (Å²) in [6, 6.07) is 18.2. The molecule has 30 heavy (non-hydrogen) atoms. The summed E-state index contributed by atoms with van der Waals surface area (Å²) in [5, 5.41) is 7.36. The van der Waals surface area contributed by atoms with E-state index >= 15 is 0 Å². The zero-order valence-corrected chi connectivity index (χ0v) is 18.6. The number of nitrogens with zero attached hydrogens (tertiary/aromatic N) is 3. The predicted octanol–water partition coefficient (Wildman–Crippen LogP) is 4.26. The van der Waals surface area contributed by atoms with Gasteiger partial charge in [-0.05, 0) is 44.0 Å². The van der Waals surface area contributed by atoms with Crippen molar-refractivity contribution in [3.8, 4) is 0 Å². The summed E-state index contributed by atoms with van der Waals surface area (Å²) in [6.45, 7) is 6.94. The molecule has 6 nitrogen and oxygen atoms in total. The molecule has 2 aromatic rings. The van der Waals surface area contributed by atoms with E-state index in [1.165, 1.54) is 0 Å². The minimum atomic E-state index is -0.307. The van der Waals surface area contributed by atoms with Crippen LogP contribution in [0, 0.1) is 0 Å². The molecule has 160 valence electrons. The fourth-order valence-electron chi connectivity index (χ4n) is 3.32. The van der Waals surface area contributed by atoms with Crippen molar-refractivity contribution in [3.63, 3.8) is 0 Å². The van der Waals surface area contributed by atoms with Gasteiger partial charge in [-0.1, -0.05) is 47.6 Å². The summed E-state index contributed by atoms with van der Waals surface area (Å²) in [5.41, 5.74) is 3.89. The second-order valence-electron chi connectivity index (χ2n) is 8.96. The number of carbonyl (C=O) groups is 1. The maximum atomic E-state index is 12.9. The molecule has 1 unspecified atom stereocenters. The van der Waals surface area contributed by atoms with E-state index in [9.17, 15) is 4.79 Å². The Labute approximate surface area is 179 Å². The molecular weight excluding hydrogens is 376 g/mol. The Morgan fingerprint density at radius 2 is 1.77 bits per heavy atom. The summed E-state index contributed by atoms with van der Waals surface area (Å²) < 4.78 is 0. The average molecular weight is 409 g/mol. The van der Waals surface area contributed by atoms with Crippen molar-refractivity contribution >= 4 is 17.4 Å². The first kappa shape index (κ1) is 21.7. The molecular formula is C24H32N4O2. The lowest BCUT2D eigenvalue weighted by Crippen LogP contribution is -2.50. The van der Waals surface area contributed by atoms with E-state index in [1.807, 2.05) is 65.2 Å². The first-order valence-corrected chi connectivity index (χ1v) is 10.3. The number of benzene rings is 2. The Balaban J connectivity index is 1.66. The minimum absolute atomic E-state index is 0.0984. The molecule has 1 aliphatic heterocycles. The molecule has 0 radical (unpaired) electrons. The van der Waals surface area contributed by atoms with Gasteiger partial charge in [-0.25, -0.2) is 4.79 Å². The van der Waals surface area contributed by atoms with Crippen LogP contribution in [0.15, 0.2) is 59.8 Å². The van der Waals surface area contributed by atoms with E-state index in [4.69, 9.17) is 4.84 Å². The second kappa shape index (κ2) is 9.20. The van der Waals surface area contributed by atoms with Crippen molar-refractivity contribution in [2.24, 2.45) is 5.16 Å². The molecule has 1 atom stereocenters. The molecule has 0 spiro atoms. The van der Waals surface area contributed by atoms with Gasteiger partial charge in [0.05, 0.1) is 12.3 Å². The van der Waals surface area contributed by atoms with Crippen molar-refractivity contribution in [2.45, 2.75) is 45.4 Å². The molecule has 1 aliphatic rings.